The molecule has 182 valence electrons. The van der Waals surface area contributed by atoms with Gasteiger partial charge in [0.1, 0.15) is 11.5 Å². The first-order chi connectivity index (χ1) is 16.5. The number of carbonyl (C=O) groups excluding carboxylic acids is 2. The first-order valence-corrected chi connectivity index (χ1v) is 12.7. The van der Waals surface area contributed by atoms with Crippen molar-refractivity contribution in [2.24, 2.45) is 0 Å². The quantitative estimate of drug-likeness (QED) is 0.320. The average molecular weight is 485 g/mol. The monoisotopic (exact) mass is 484 g/mol. The number of rotatable bonds is 8. The number of fused-ring (bicyclic) bond motifs is 1. The molecule has 0 spiro atoms. The lowest BCUT2D eigenvalue weighted by Gasteiger charge is -2.36. The number of ether oxygens (including phenoxy) is 3. The van der Waals surface area contributed by atoms with Gasteiger partial charge in [0, 0.05) is 31.9 Å². The number of anilines is 1. The van der Waals surface area contributed by atoms with Gasteiger partial charge in [-0.1, -0.05) is 30.0 Å². The van der Waals surface area contributed by atoms with E-state index in [0.29, 0.717) is 23.0 Å². The van der Waals surface area contributed by atoms with Gasteiger partial charge in [-0.25, -0.2) is 0 Å². The Morgan fingerprint density at radius 3 is 2.59 bits per heavy atom. The third-order valence-electron chi connectivity index (χ3n) is 6.18. The Bertz CT molecular complexity index is 978. The fraction of sp³-hybridized carbons (Fsp3) is 0.462. The number of nitrogens with zero attached hydrogens (tertiary/aromatic N) is 2. The molecule has 1 fully saturated rings. The van der Waals surface area contributed by atoms with Crippen molar-refractivity contribution in [1.29, 1.82) is 0 Å². The molecule has 0 saturated carbocycles. The van der Waals surface area contributed by atoms with Gasteiger partial charge in [-0.15, -0.1) is 0 Å². The number of ketones is 1. The number of esters is 1. The number of unbranched alkanes of at least 4 members (excludes halogenated alkanes) is 1. The molecular weight excluding hydrogens is 452 g/mol. The summed E-state index contributed by atoms with van der Waals surface area (Å²) >= 11 is 1.17. The molecule has 0 bridgehead atoms. The molecule has 34 heavy (non-hydrogen) atoms. The van der Waals surface area contributed by atoms with E-state index in [1.165, 1.54) is 17.4 Å². The molecule has 2 aliphatic rings. The first-order valence-electron chi connectivity index (χ1n) is 11.8. The number of hydrogen-bond acceptors (Lipinski definition) is 8. The Labute approximate surface area is 205 Å². The summed E-state index contributed by atoms with van der Waals surface area (Å²) in [5, 5.41) is -0.936. The van der Waals surface area contributed by atoms with Crippen LogP contribution in [0.2, 0.25) is 0 Å². The average Bonchev–Trinajstić information content (AvgIpc) is 3.00. The predicted molar refractivity (Wildman–Crippen MR) is 133 cm³/mol. The van der Waals surface area contributed by atoms with Crippen LogP contribution in [-0.4, -0.2) is 74.4 Å². The molecule has 0 N–H and O–H groups in total. The normalized spacial score (nSPS) is 20.8. The summed E-state index contributed by atoms with van der Waals surface area (Å²) in [6.45, 7) is 7.06. The summed E-state index contributed by atoms with van der Waals surface area (Å²) < 4.78 is 16.5. The van der Waals surface area contributed by atoms with E-state index in [4.69, 9.17) is 14.2 Å². The van der Waals surface area contributed by atoms with Gasteiger partial charge >= 0.3 is 5.97 Å². The summed E-state index contributed by atoms with van der Waals surface area (Å²) in [7, 11) is 1.58. The maximum Gasteiger partial charge on any atom is 0.327 e. The van der Waals surface area contributed by atoms with Crippen molar-refractivity contribution in [2.45, 2.75) is 36.0 Å². The van der Waals surface area contributed by atoms with Crippen molar-refractivity contribution in [2.75, 3.05) is 51.3 Å². The van der Waals surface area contributed by atoms with Gasteiger partial charge in [-0.3, -0.25) is 14.5 Å². The number of methoxy groups -OCH3 is 1. The van der Waals surface area contributed by atoms with Crippen LogP contribution in [0.5, 0.6) is 11.5 Å². The standard InChI is InChI=1S/C26H32N2O5S/c1-19-24(29)25(34-23-18-21(31-2)10-11-22(23)33-19)26(30)32-17-7-6-12-27-13-15-28(16-14-27)20-8-4-3-5-9-20/h3-5,8-11,18-19,25H,6-7,12-17H2,1-2H3. The Morgan fingerprint density at radius 2 is 1.85 bits per heavy atom. The zero-order chi connectivity index (χ0) is 23.9. The van der Waals surface area contributed by atoms with Gasteiger partial charge < -0.3 is 19.1 Å². The minimum absolute atomic E-state index is 0.276. The van der Waals surface area contributed by atoms with E-state index in [2.05, 4.69) is 34.1 Å². The van der Waals surface area contributed by atoms with Gasteiger partial charge in [-0.2, -0.15) is 0 Å². The highest BCUT2D eigenvalue weighted by Gasteiger charge is 2.37. The van der Waals surface area contributed by atoms with Crippen molar-refractivity contribution < 1.29 is 23.8 Å². The van der Waals surface area contributed by atoms with Crippen molar-refractivity contribution >= 4 is 29.2 Å². The maximum absolute atomic E-state index is 12.7. The van der Waals surface area contributed by atoms with Gasteiger partial charge in [0.25, 0.3) is 0 Å². The van der Waals surface area contributed by atoms with E-state index in [-0.39, 0.29) is 5.78 Å². The lowest BCUT2D eigenvalue weighted by Crippen LogP contribution is -2.46. The highest BCUT2D eigenvalue weighted by atomic mass is 32.2. The van der Waals surface area contributed by atoms with E-state index in [9.17, 15) is 9.59 Å². The lowest BCUT2D eigenvalue weighted by atomic mass is 10.2. The Kier molecular flexibility index (Phi) is 8.34. The van der Waals surface area contributed by atoms with Crippen LogP contribution in [0.15, 0.2) is 53.4 Å². The minimum Gasteiger partial charge on any atom is -0.497 e. The summed E-state index contributed by atoms with van der Waals surface area (Å²) in [6.07, 6.45) is 1.01. The van der Waals surface area contributed by atoms with Gasteiger partial charge in [0.2, 0.25) is 0 Å². The van der Waals surface area contributed by atoms with Crippen LogP contribution in [0.1, 0.15) is 19.8 Å². The number of hydrogen-bond donors (Lipinski definition) is 0. The first kappa shape index (κ1) is 24.4. The maximum atomic E-state index is 12.7. The summed E-state index contributed by atoms with van der Waals surface area (Å²) in [5.74, 6) is 0.446. The number of carbonyl (C=O) groups is 2. The second-order valence-corrected chi connectivity index (χ2v) is 9.66. The molecule has 2 aliphatic heterocycles. The molecular formula is C26H32N2O5S. The van der Waals surface area contributed by atoms with Gasteiger partial charge in [-0.05, 0) is 56.6 Å². The number of thioether (sulfide) groups is 1. The lowest BCUT2D eigenvalue weighted by molar-refractivity contribution is -0.146. The Balaban J connectivity index is 1.20. The van der Waals surface area contributed by atoms with Crippen molar-refractivity contribution in [3.05, 3.63) is 48.5 Å². The Hall–Kier alpha value is -2.71. The third kappa shape index (κ3) is 6.04. The predicted octanol–water partition coefficient (Wildman–Crippen LogP) is 3.65. The second-order valence-electron chi connectivity index (χ2n) is 8.51. The molecule has 2 aromatic carbocycles. The zero-order valence-electron chi connectivity index (χ0n) is 19.8. The molecule has 0 aromatic heterocycles. The van der Waals surface area contributed by atoms with Crippen LogP contribution in [0.4, 0.5) is 5.69 Å². The van der Waals surface area contributed by atoms with E-state index in [1.807, 2.05) is 6.07 Å². The SMILES string of the molecule is COc1ccc2c(c1)SC(C(=O)OCCCCN1CCN(c3ccccc3)CC1)C(=O)C(C)O2. The van der Waals surface area contributed by atoms with Crippen LogP contribution in [-0.2, 0) is 14.3 Å². The highest BCUT2D eigenvalue weighted by molar-refractivity contribution is 8.01. The van der Waals surface area contributed by atoms with E-state index in [1.54, 1.807) is 32.2 Å². The molecule has 8 heteroatoms. The number of benzene rings is 2. The molecule has 0 radical (unpaired) electrons. The smallest absolute Gasteiger partial charge is 0.327 e. The fourth-order valence-corrected chi connectivity index (χ4v) is 5.31. The van der Waals surface area contributed by atoms with E-state index < -0.39 is 17.3 Å². The highest BCUT2D eigenvalue weighted by Crippen LogP contribution is 2.39. The number of para-hydroxylation sites is 1. The number of Topliss-reactive ketones (excluding diaryl/α,β-unsaturated/α-hetero) is 1. The van der Waals surface area contributed by atoms with Crippen molar-refractivity contribution in [3.63, 3.8) is 0 Å². The minimum atomic E-state index is -0.936. The van der Waals surface area contributed by atoms with E-state index >= 15 is 0 Å². The molecule has 0 aliphatic carbocycles. The van der Waals surface area contributed by atoms with Crippen LogP contribution in [0.3, 0.4) is 0 Å². The summed E-state index contributed by atoms with van der Waals surface area (Å²) in [5.41, 5.74) is 1.28. The largest absolute Gasteiger partial charge is 0.497 e. The topological polar surface area (TPSA) is 68.3 Å². The van der Waals surface area contributed by atoms with Gasteiger partial charge in [0.15, 0.2) is 17.1 Å². The molecule has 2 unspecified atom stereocenters. The van der Waals surface area contributed by atoms with Gasteiger partial charge in [0.05, 0.1) is 18.6 Å². The molecule has 0 amide bonds. The zero-order valence-corrected chi connectivity index (χ0v) is 20.6. The van der Waals surface area contributed by atoms with Crippen LogP contribution >= 0.6 is 11.8 Å². The molecule has 4 rings (SSSR count). The van der Waals surface area contributed by atoms with Crippen LogP contribution < -0.4 is 14.4 Å². The molecule has 7 nitrogen and oxygen atoms in total. The van der Waals surface area contributed by atoms with Crippen molar-refractivity contribution in [1.82, 2.24) is 4.90 Å². The molecule has 2 aromatic rings. The Morgan fingerprint density at radius 1 is 1.09 bits per heavy atom. The second kappa shape index (κ2) is 11.6. The molecule has 2 heterocycles. The molecule has 1 saturated heterocycles. The summed E-state index contributed by atoms with van der Waals surface area (Å²) in [4.78, 5) is 31.1. The summed E-state index contributed by atoms with van der Waals surface area (Å²) in [6, 6.07) is 15.8. The number of piperazine rings is 1. The molecule has 2 atom stereocenters. The van der Waals surface area contributed by atoms with E-state index in [0.717, 1.165) is 45.6 Å². The van der Waals surface area contributed by atoms with Crippen molar-refractivity contribution in [3.8, 4) is 11.5 Å². The fourth-order valence-electron chi connectivity index (χ4n) is 4.17. The van der Waals surface area contributed by atoms with Crippen LogP contribution in [0, 0.1) is 0 Å². The van der Waals surface area contributed by atoms with Crippen LogP contribution in [0.25, 0.3) is 0 Å². The third-order valence-corrected chi connectivity index (χ3v) is 7.41.